The zero-order valence-electron chi connectivity index (χ0n) is 33.7. The maximum atomic E-state index is 13.0. The van der Waals surface area contributed by atoms with Gasteiger partial charge in [0, 0.05) is 61.2 Å². The number of ether oxygens (including phenoxy) is 6. The Morgan fingerprint density at radius 3 is 1.09 bits per heavy atom. The van der Waals surface area contributed by atoms with Crippen LogP contribution in [0.15, 0.2) is 48.6 Å². The number of hydrogen-bond donors (Lipinski definition) is 0. The molecule has 0 bridgehead atoms. The van der Waals surface area contributed by atoms with Crippen LogP contribution < -0.4 is 0 Å². The van der Waals surface area contributed by atoms with Gasteiger partial charge >= 0.3 is 44.6 Å². The summed E-state index contributed by atoms with van der Waals surface area (Å²) in [6.45, 7) is 26.0. The highest BCUT2D eigenvalue weighted by molar-refractivity contribution is 6.60. The summed E-state index contributed by atoms with van der Waals surface area (Å²) in [6, 6.07) is 0.557. The third-order valence-electron chi connectivity index (χ3n) is 7.16. The first kappa shape index (κ1) is 50.8. The minimum Gasteiger partial charge on any atom is -0.458 e. The van der Waals surface area contributed by atoms with Crippen molar-refractivity contribution >= 4 is 44.6 Å². The fourth-order valence-electron chi connectivity index (χ4n) is 4.40. The van der Waals surface area contributed by atoms with Gasteiger partial charge in [-0.3, -0.25) is 9.59 Å². The molecule has 0 unspecified atom stereocenters. The van der Waals surface area contributed by atoms with E-state index in [1.807, 2.05) is 25.7 Å². The SMILES string of the molecule is C=C(C)C(=O)OCC(COC(=O)C(=C)C)OC(=O)CCN(CCCC[Si](OCC)(OCC)OCC)CCC(=O)OC(COC(=O)C(=C)C)COC(=O)C(=C)C. The molecule has 0 aromatic rings. The summed E-state index contributed by atoms with van der Waals surface area (Å²) in [6.07, 6.45) is -1.21. The minimum atomic E-state index is -2.90. The molecule has 0 spiro atoms. The minimum absolute atomic E-state index is 0.133. The molecule has 0 saturated heterocycles. The van der Waals surface area contributed by atoms with Crippen LogP contribution in [0.5, 0.6) is 0 Å². The molecule has 312 valence electrons. The van der Waals surface area contributed by atoms with Crippen molar-refractivity contribution in [2.75, 3.05) is 65.9 Å². The number of nitrogens with zero attached hydrogens (tertiary/aromatic N) is 1. The Hall–Kier alpha value is -4.16. The van der Waals surface area contributed by atoms with Gasteiger partial charge in [0.05, 0.1) is 12.8 Å². The predicted octanol–water partition coefficient (Wildman–Crippen LogP) is 4.20. The van der Waals surface area contributed by atoms with E-state index >= 15 is 0 Å². The molecule has 0 aliphatic rings. The third-order valence-corrected chi connectivity index (χ3v) is 10.3. The van der Waals surface area contributed by atoms with Gasteiger partial charge in [0.25, 0.3) is 0 Å². The van der Waals surface area contributed by atoms with Crippen molar-refractivity contribution in [3.63, 3.8) is 0 Å². The molecule has 0 radical (unpaired) electrons. The highest BCUT2D eigenvalue weighted by atomic mass is 28.4. The Labute approximate surface area is 326 Å². The van der Waals surface area contributed by atoms with Crippen molar-refractivity contribution < 1.29 is 70.5 Å². The second-order valence-corrected chi connectivity index (χ2v) is 15.3. The van der Waals surface area contributed by atoms with E-state index < -0.39 is 56.8 Å². The summed E-state index contributed by atoms with van der Waals surface area (Å²) in [5.74, 6) is -4.18. The van der Waals surface area contributed by atoms with Crippen molar-refractivity contribution in [2.45, 2.75) is 92.4 Å². The quantitative estimate of drug-likeness (QED) is 0.0319. The molecule has 0 aliphatic carbocycles. The smallest absolute Gasteiger partial charge is 0.458 e. The Morgan fingerprint density at radius 2 is 0.818 bits per heavy atom. The van der Waals surface area contributed by atoms with Gasteiger partial charge in [0.1, 0.15) is 26.4 Å². The number of carbonyl (C=O) groups excluding carboxylic acids is 6. The van der Waals surface area contributed by atoms with Crippen LogP contribution in [-0.2, 0) is 70.5 Å². The molecule has 0 rings (SSSR count). The topological polar surface area (TPSA) is 189 Å². The van der Waals surface area contributed by atoms with Gasteiger partial charge in [-0.15, -0.1) is 0 Å². The van der Waals surface area contributed by atoms with E-state index in [2.05, 4.69) is 26.3 Å². The zero-order chi connectivity index (χ0) is 42.0. The van der Waals surface area contributed by atoms with Crippen LogP contribution in [0, 0.1) is 0 Å². The molecule has 0 atom stereocenters. The van der Waals surface area contributed by atoms with Gasteiger partial charge in [0.2, 0.25) is 0 Å². The lowest BCUT2D eigenvalue weighted by atomic mass is 10.2. The normalized spacial score (nSPS) is 11.2. The molecule has 0 saturated carbocycles. The maximum Gasteiger partial charge on any atom is 0.500 e. The van der Waals surface area contributed by atoms with Gasteiger partial charge in [0.15, 0.2) is 12.2 Å². The molecule has 0 fully saturated rings. The van der Waals surface area contributed by atoms with E-state index in [1.165, 1.54) is 27.7 Å². The average Bonchev–Trinajstić information content (AvgIpc) is 3.12. The Bertz CT molecular complexity index is 1170. The number of unbranched alkanes of at least 4 members (excludes halogenated alkanes) is 1. The lowest BCUT2D eigenvalue weighted by Gasteiger charge is -2.29. The second kappa shape index (κ2) is 28.3. The summed E-state index contributed by atoms with van der Waals surface area (Å²) >= 11 is 0. The van der Waals surface area contributed by atoms with Crippen molar-refractivity contribution in [1.29, 1.82) is 0 Å². The Morgan fingerprint density at radius 1 is 0.509 bits per heavy atom. The van der Waals surface area contributed by atoms with E-state index in [1.54, 1.807) is 0 Å². The first-order valence-corrected chi connectivity index (χ1v) is 20.2. The molecule has 17 heteroatoms. The van der Waals surface area contributed by atoms with Crippen LogP contribution in [-0.4, -0.2) is 128 Å². The van der Waals surface area contributed by atoms with Crippen LogP contribution in [0.1, 0.15) is 74.1 Å². The van der Waals surface area contributed by atoms with Gasteiger partial charge in [-0.05, 0) is 67.9 Å². The summed E-state index contributed by atoms with van der Waals surface area (Å²) in [7, 11) is -2.90. The fraction of sp³-hybridized carbons (Fsp3) is 0.632. The third kappa shape index (κ3) is 23.4. The van der Waals surface area contributed by atoms with Crippen molar-refractivity contribution in [3.8, 4) is 0 Å². The van der Waals surface area contributed by atoms with Gasteiger partial charge in [-0.1, -0.05) is 26.3 Å². The molecule has 55 heavy (non-hydrogen) atoms. The summed E-state index contributed by atoms with van der Waals surface area (Å²) < 4.78 is 49.4. The van der Waals surface area contributed by atoms with Crippen molar-refractivity contribution in [1.82, 2.24) is 4.90 Å². The molecule has 0 amide bonds. The van der Waals surface area contributed by atoms with E-state index in [0.29, 0.717) is 45.3 Å². The molecule has 0 heterocycles. The average molecular weight is 800 g/mol. The van der Waals surface area contributed by atoms with Crippen LogP contribution in [0.25, 0.3) is 0 Å². The van der Waals surface area contributed by atoms with E-state index in [-0.39, 0.29) is 74.7 Å². The molecular weight excluding hydrogens is 738 g/mol. The number of esters is 6. The summed E-state index contributed by atoms with van der Waals surface area (Å²) in [4.78, 5) is 75.8. The van der Waals surface area contributed by atoms with Gasteiger partial charge in [-0.2, -0.15) is 0 Å². The molecule has 0 aromatic heterocycles. The van der Waals surface area contributed by atoms with E-state index in [4.69, 9.17) is 41.7 Å². The standard InChI is InChI=1S/C38H61NO15Si/c1-12-50-55(51-13-2,52-14-3)22-16-15-19-39(20-17-33(40)53-31(23-46-35(42)27(4)5)24-47-36(43)28(6)7)21-18-34(41)54-32(25-48-37(44)29(8)9)26-49-38(45)30(10)11/h31-32H,4,6,8,10,12-26H2,1-3,5,7,9,11H3. The monoisotopic (exact) mass is 799 g/mol. The molecule has 16 nitrogen and oxygen atoms in total. The number of rotatable bonds is 31. The Balaban J connectivity index is 5.83. The van der Waals surface area contributed by atoms with E-state index in [0.717, 1.165) is 0 Å². The first-order chi connectivity index (χ1) is 25.9. The lowest BCUT2D eigenvalue weighted by molar-refractivity contribution is -0.165. The maximum absolute atomic E-state index is 13.0. The predicted molar refractivity (Wildman–Crippen MR) is 203 cm³/mol. The summed E-state index contributed by atoms with van der Waals surface area (Å²) in [5.41, 5.74) is 0.533. The summed E-state index contributed by atoms with van der Waals surface area (Å²) in [5, 5.41) is 0. The highest BCUT2D eigenvalue weighted by Gasteiger charge is 2.39. The molecular formula is C38H61NO15Si. The van der Waals surface area contributed by atoms with Gasteiger partial charge < -0.3 is 46.6 Å². The van der Waals surface area contributed by atoms with Crippen LogP contribution in [0.2, 0.25) is 6.04 Å². The number of hydrogen-bond acceptors (Lipinski definition) is 16. The van der Waals surface area contributed by atoms with Gasteiger partial charge in [-0.25, -0.2) is 19.2 Å². The second-order valence-electron chi connectivity index (χ2n) is 12.5. The molecule has 0 N–H and O–H groups in total. The molecule has 0 aromatic carbocycles. The fourth-order valence-corrected chi connectivity index (χ4v) is 7.09. The van der Waals surface area contributed by atoms with Crippen molar-refractivity contribution in [2.24, 2.45) is 0 Å². The first-order valence-electron chi connectivity index (χ1n) is 18.2. The van der Waals surface area contributed by atoms with Crippen LogP contribution >= 0.6 is 0 Å². The van der Waals surface area contributed by atoms with Crippen LogP contribution in [0.4, 0.5) is 0 Å². The largest absolute Gasteiger partial charge is 0.500 e. The van der Waals surface area contributed by atoms with Crippen molar-refractivity contribution in [3.05, 3.63) is 48.6 Å². The number of carbonyl (C=O) groups is 6. The molecule has 0 aliphatic heterocycles. The zero-order valence-corrected chi connectivity index (χ0v) is 34.7. The van der Waals surface area contributed by atoms with Crippen LogP contribution in [0.3, 0.4) is 0 Å². The van der Waals surface area contributed by atoms with E-state index in [9.17, 15) is 28.8 Å². The lowest BCUT2D eigenvalue weighted by Crippen LogP contribution is -2.46. The Kier molecular flexibility index (Phi) is 26.1. The highest BCUT2D eigenvalue weighted by Crippen LogP contribution is 2.20.